The number of nitrogens with one attached hydrogen (secondary N) is 1. The van der Waals surface area contributed by atoms with Crippen LogP contribution in [0.1, 0.15) is 20.8 Å². The van der Waals surface area contributed by atoms with Crippen molar-refractivity contribution in [3.05, 3.63) is 0 Å². The number of rotatable bonds is 5. The molecule has 0 amide bonds. The summed E-state index contributed by atoms with van der Waals surface area (Å²) in [6, 6.07) is 0. The lowest BCUT2D eigenvalue weighted by molar-refractivity contribution is -0.0870. The first-order chi connectivity index (χ1) is 7.08. The van der Waals surface area contributed by atoms with Crippen molar-refractivity contribution in [1.29, 1.82) is 0 Å². The molecule has 90 valence electrons. The predicted octanol–water partition coefficient (Wildman–Crippen LogP) is 0.806. The molecule has 0 aliphatic carbocycles. The highest BCUT2D eigenvalue weighted by Crippen LogP contribution is 2.05. The van der Waals surface area contributed by atoms with Gasteiger partial charge in [-0.15, -0.1) is 0 Å². The molecule has 0 aromatic heterocycles. The second-order valence-electron chi connectivity index (χ2n) is 4.73. The highest BCUT2D eigenvalue weighted by Gasteiger charge is 2.13. The molecule has 0 spiro atoms. The minimum Gasteiger partial charge on any atom is -0.376 e. The van der Waals surface area contributed by atoms with Gasteiger partial charge in [0.1, 0.15) is 0 Å². The Morgan fingerprint density at radius 1 is 1.33 bits per heavy atom. The van der Waals surface area contributed by atoms with E-state index in [9.17, 15) is 0 Å². The van der Waals surface area contributed by atoms with Crippen molar-refractivity contribution < 1.29 is 14.2 Å². The highest BCUT2D eigenvalue weighted by molar-refractivity contribution is 4.64. The predicted molar refractivity (Wildman–Crippen MR) is 59.1 cm³/mol. The van der Waals surface area contributed by atoms with Gasteiger partial charge in [0.25, 0.3) is 0 Å². The molecule has 1 heterocycles. The fraction of sp³-hybridized carbons (Fsp3) is 1.00. The molecular weight excluding hydrogens is 194 g/mol. The van der Waals surface area contributed by atoms with Crippen molar-refractivity contribution >= 4 is 0 Å². The van der Waals surface area contributed by atoms with Crippen LogP contribution in [-0.4, -0.2) is 51.2 Å². The lowest BCUT2D eigenvalue weighted by Crippen LogP contribution is -2.38. The Balaban J connectivity index is 1.92. The summed E-state index contributed by atoms with van der Waals surface area (Å²) in [6.07, 6.45) is 0.202. The summed E-state index contributed by atoms with van der Waals surface area (Å²) in [5.74, 6) is 0. The Labute approximate surface area is 92.3 Å². The van der Waals surface area contributed by atoms with E-state index in [2.05, 4.69) is 26.1 Å². The molecule has 1 atom stereocenters. The number of hydrogen-bond acceptors (Lipinski definition) is 4. The fourth-order valence-electron chi connectivity index (χ4n) is 1.35. The van der Waals surface area contributed by atoms with Gasteiger partial charge in [0, 0.05) is 13.1 Å². The van der Waals surface area contributed by atoms with Gasteiger partial charge in [0.15, 0.2) is 0 Å². The number of hydrogen-bond donors (Lipinski definition) is 1. The lowest BCUT2D eigenvalue weighted by Gasteiger charge is -2.24. The Hall–Kier alpha value is -0.160. The van der Waals surface area contributed by atoms with Crippen molar-refractivity contribution in [2.24, 2.45) is 0 Å². The van der Waals surface area contributed by atoms with Gasteiger partial charge in [0.05, 0.1) is 38.1 Å². The molecule has 0 bridgehead atoms. The molecular formula is C11H23NO3. The lowest BCUT2D eigenvalue weighted by atomic mass is 10.2. The maximum absolute atomic E-state index is 5.58. The van der Waals surface area contributed by atoms with Gasteiger partial charge in [-0.25, -0.2) is 0 Å². The monoisotopic (exact) mass is 217 g/mol. The second-order valence-corrected chi connectivity index (χ2v) is 4.73. The summed E-state index contributed by atoms with van der Waals surface area (Å²) in [5, 5.41) is 3.30. The zero-order valence-corrected chi connectivity index (χ0v) is 10.0. The molecule has 15 heavy (non-hydrogen) atoms. The Bertz CT molecular complexity index is 162. The SMILES string of the molecule is CC(C)(C)OCCNCC1COCCO1. The third-order valence-electron chi connectivity index (χ3n) is 2.07. The molecule has 1 N–H and O–H groups in total. The van der Waals surface area contributed by atoms with E-state index in [1.807, 2.05) is 0 Å². The summed E-state index contributed by atoms with van der Waals surface area (Å²) in [4.78, 5) is 0. The summed E-state index contributed by atoms with van der Waals surface area (Å²) in [7, 11) is 0. The van der Waals surface area contributed by atoms with E-state index in [-0.39, 0.29) is 11.7 Å². The maximum Gasteiger partial charge on any atom is 0.0933 e. The molecule has 0 radical (unpaired) electrons. The van der Waals surface area contributed by atoms with Crippen LogP contribution in [-0.2, 0) is 14.2 Å². The normalized spacial score (nSPS) is 23.0. The van der Waals surface area contributed by atoms with Gasteiger partial charge in [-0.3, -0.25) is 0 Å². The molecule has 1 saturated heterocycles. The quantitative estimate of drug-likeness (QED) is 0.692. The van der Waals surface area contributed by atoms with Crippen LogP contribution >= 0.6 is 0 Å². The van der Waals surface area contributed by atoms with Crippen molar-refractivity contribution in [2.75, 3.05) is 39.5 Å². The molecule has 0 aromatic carbocycles. The first-order valence-corrected chi connectivity index (χ1v) is 5.62. The van der Waals surface area contributed by atoms with Crippen LogP contribution in [0.15, 0.2) is 0 Å². The van der Waals surface area contributed by atoms with Crippen molar-refractivity contribution in [3.63, 3.8) is 0 Å². The molecule has 1 unspecified atom stereocenters. The fourth-order valence-corrected chi connectivity index (χ4v) is 1.35. The zero-order chi connectivity index (χ0) is 11.1. The van der Waals surface area contributed by atoms with E-state index >= 15 is 0 Å². The van der Waals surface area contributed by atoms with Gasteiger partial charge >= 0.3 is 0 Å². The van der Waals surface area contributed by atoms with Gasteiger partial charge in [0.2, 0.25) is 0 Å². The van der Waals surface area contributed by atoms with E-state index in [1.165, 1.54) is 0 Å². The average molecular weight is 217 g/mol. The Morgan fingerprint density at radius 2 is 2.13 bits per heavy atom. The molecule has 4 heteroatoms. The van der Waals surface area contributed by atoms with E-state index in [1.54, 1.807) is 0 Å². The standard InChI is InChI=1S/C11H23NO3/c1-11(2,3)15-5-4-12-8-10-9-13-6-7-14-10/h10,12H,4-9H2,1-3H3. The molecule has 4 nitrogen and oxygen atoms in total. The van der Waals surface area contributed by atoms with Crippen molar-refractivity contribution in [2.45, 2.75) is 32.5 Å². The molecule has 1 aliphatic heterocycles. The van der Waals surface area contributed by atoms with Crippen LogP contribution in [0, 0.1) is 0 Å². The molecule has 0 saturated carbocycles. The average Bonchev–Trinajstić information content (AvgIpc) is 2.17. The highest BCUT2D eigenvalue weighted by atomic mass is 16.6. The molecule has 1 fully saturated rings. The van der Waals surface area contributed by atoms with Crippen LogP contribution < -0.4 is 5.32 Å². The largest absolute Gasteiger partial charge is 0.376 e. The second kappa shape index (κ2) is 6.43. The van der Waals surface area contributed by atoms with Gasteiger partial charge < -0.3 is 19.5 Å². The third-order valence-corrected chi connectivity index (χ3v) is 2.07. The summed E-state index contributed by atoms with van der Waals surface area (Å²) >= 11 is 0. The van der Waals surface area contributed by atoms with E-state index in [0.717, 1.165) is 26.3 Å². The first kappa shape index (κ1) is 12.9. The van der Waals surface area contributed by atoms with Crippen molar-refractivity contribution in [1.82, 2.24) is 5.32 Å². The topological polar surface area (TPSA) is 39.7 Å². The van der Waals surface area contributed by atoms with Gasteiger partial charge in [-0.1, -0.05) is 0 Å². The third kappa shape index (κ3) is 6.84. The Kier molecular flexibility index (Phi) is 5.53. The summed E-state index contributed by atoms with van der Waals surface area (Å²) in [5.41, 5.74) is -0.0495. The smallest absolute Gasteiger partial charge is 0.0933 e. The van der Waals surface area contributed by atoms with Crippen LogP contribution in [0.25, 0.3) is 0 Å². The zero-order valence-electron chi connectivity index (χ0n) is 10.0. The minimum absolute atomic E-state index is 0.0495. The molecule has 1 rings (SSSR count). The summed E-state index contributed by atoms with van der Waals surface area (Å²) in [6.45, 7) is 10.8. The van der Waals surface area contributed by atoms with E-state index in [4.69, 9.17) is 14.2 Å². The first-order valence-electron chi connectivity index (χ1n) is 5.62. The van der Waals surface area contributed by atoms with Crippen LogP contribution in [0.3, 0.4) is 0 Å². The van der Waals surface area contributed by atoms with Crippen molar-refractivity contribution in [3.8, 4) is 0 Å². The van der Waals surface area contributed by atoms with Gasteiger partial charge in [-0.2, -0.15) is 0 Å². The van der Waals surface area contributed by atoms with Crippen LogP contribution in [0.4, 0.5) is 0 Å². The van der Waals surface area contributed by atoms with E-state index < -0.39 is 0 Å². The maximum atomic E-state index is 5.58. The minimum atomic E-state index is -0.0495. The van der Waals surface area contributed by atoms with Gasteiger partial charge in [-0.05, 0) is 20.8 Å². The van der Waals surface area contributed by atoms with E-state index in [0.29, 0.717) is 13.2 Å². The van der Waals surface area contributed by atoms with Crippen LogP contribution in [0.2, 0.25) is 0 Å². The Morgan fingerprint density at radius 3 is 2.73 bits per heavy atom. The molecule has 1 aliphatic rings. The number of ether oxygens (including phenoxy) is 3. The summed E-state index contributed by atoms with van der Waals surface area (Å²) < 4.78 is 16.4. The van der Waals surface area contributed by atoms with Crippen LogP contribution in [0.5, 0.6) is 0 Å². The molecule has 0 aromatic rings.